The zero-order chi connectivity index (χ0) is 18.9. The number of benzene rings is 1. The molecule has 0 spiro atoms. The Bertz CT molecular complexity index is 642. The van der Waals surface area contributed by atoms with E-state index >= 15 is 0 Å². The third-order valence-corrected chi connectivity index (χ3v) is 5.06. The van der Waals surface area contributed by atoms with Gasteiger partial charge in [-0.3, -0.25) is 4.99 Å². The summed E-state index contributed by atoms with van der Waals surface area (Å²) in [6.45, 7) is 4.93. The van der Waals surface area contributed by atoms with Crippen LogP contribution in [0.2, 0.25) is 0 Å². The monoisotopic (exact) mass is 369 g/mol. The van der Waals surface area contributed by atoms with Gasteiger partial charge in [-0.2, -0.15) is 0 Å². The van der Waals surface area contributed by atoms with Crippen LogP contribution < -0.4 is 15.4 Å². The molecule has 7 heteroatoms. The van der Waals surface area contributed by atoms with Crippen LogP contribution >= 0.6 is 0 Å². The van der Waals surface area contributed by atoms with Crippen molar-refractivity contribution in [2.45, 2.75) is 38.6 Å². The molecule has 0 radical (unpaired) electrons. The standard InChI is InChI=1S/C18H31N3O3S/c1-14(16-6-8-17(24-4)9-7-16)10-12-20-18(19-3)21-15(2)11-13-25(5,22)23/h6-9,14-15H,10-13H2,1-5H3,(H2,19,20,21). The van der Waals surface area contributed by atoms with Crippen LogP contribution in [0, 0.1) is 0 Å². The zero-order valence-electron chi connectivity index (χ0n) is 15.9. The number of ether oxygens (including phenoxy) is 1. The van der Waals surface area contributed by atoms with Crippen LogP contribution in [0.1, 0.15) is 38.2 Å². The number of nitrogens with zero attached hydrogens (tertiary/aromatic N) is 1. The molecule has 142 valence electrons. The quantitative estimate of drug-likeness (QED) is 0.515. The molecule has 2 unspecified atom stereocenters. The van der Waals surface area contributed by atoms with E-state index in [0.717, 1.165) is 18.7 Å². The van der Waals surface area contributed by atoms with Crippen molar-refractivity contribution in [3.8, 4) is 5.75 Å². The van der Waals surface area contributed by atoms with Crippen LogP contribution in [0.4, 0.5) is 0 Å². The van der Waals surface area contributed by atoms with E-state index < -0.39 is 9.84 Å². The molecule has 0 amide bonds. The number of hydrogen-bond acceptors (Lipinski definition) is 4. The lowest BCUT2D eigenvalue weighted by atomic mass is 9.98. The summed E-state index contributed by atoms with van der Waals surface area (Å²) in [6.07, 6.45) is 2.78. The second-order valence-corrected chi connectivity index (χ2v) is 8.69. The lowest BCUT2D eigenvalue weighted by Crippen LogP contribution is -2.43. The van der Waals surface area contributed by atoms with Crippen molar-refractivity contribution in [1.82, 2.24) is 10.6 Å². The highest BCUT2D eigenvalue weighted by Crippen LogP contribution is 2.21. The smallest absolute Gasteiger partial charge is 0.191 e. The molecule has 0 aliphatic carbocycles. The topological polar surface area (TPSA) is 79.8 Å². The van der Waals surface area contributed by atoms with E-state index in [1.165, 1.54) is 11.8 Å². The van der Waals surface area contributed by atoms with E-state index in [-0.39, 0.29) is 11.8 Å². The Morgan fingerprint density at radius 3 is 2.36 bits per heavy atom. The Morgan fingerprint density at radius 1 is 1.20 bits per heavy atom. The second-order valence-electron chi connectivity index (χ2n) is 6.43. The van der Waals surface area contributed by atoms with Crippen molar-refractivity contribution < 1.29 is 13.2 Å². The fraction of sp³-hybridized carbons (Fsp3) is 0.611. The van der Waals surface area contributed by atoms with Crippen LogP contribution in [0.5, 0.6) is 5.75 Å². The normalized spacial score (nSPS) is 14.7. The van der Waals surface area contributed by atoms with Crippen molar-refractivity contribution in [3.63, 3.8) is 0 Å². The molecule has 0 fully saturated rings. The molecule has 0 saturated carbocycles. The number of hydrogen-bond donors (Lipinski definition) is 2. The molecule has 2 atom stereocenters. The van der Waals surface area contributed by atoms with E-state index in [0.29, 0.717) is 18.3 Å². The lowest BCUT2D eigenvalue weighted by molar-refractivity contribution is 0.414. The summed E-state index contributed by atoms with van der Waals surface area (Å²) < 4.78 is 27.6. The first-order valence-electron chi connectivity index (χ1n) is 8.54. The van der Waals surface area contributed by atoms with Crippen molar-refractivity contribution >= 4 is 15.8 Å². The molecule has 6 nitrogen and oxygen atoms in total. The summed E-state index contributed by atoms with van der Waals surface area (Å²) in [6, 6.07) is 8.17. The number of sulfone groups is 1. The second kappa shape index (κ2) is 10.3. The minimum Gasteiger partial charge on any atom is -0.497 e. The number of nitrogens with one attached hydrogen (secondary N) is 2. The average Bonchev–Trinajstić information content (AvgIpc) is 2.58. The fourth-order valence-corrected chi connectivity index (χ4v) is 3.18. The molecular formula is C18H31N3O3S. The zero-order valence-corrected chi connectivity index (χ0v) is 16.7. The van der Waals surface area contributed by atoms with Gasteiger partial charge in [-0.15, -0.1) is 0 Å². The Balaban J connectivity index is 2.38. The molecule has 0 saturated heterocycles. The highest BCUT2D eigenvalue weighted by atomic mass is 32.2. The summed E-state index contributed by atoms with van der Waals surface area (Å²) in [7, 11) is 0.444. The molecule has 1 aromatic rings. The summed E-state index contributed by atoms with van der Waals surface area (Å²) in [5.41, 5.74) is 1.27. The van der Waals surface area contributed by atoms with E-state index in [1.54, 1.807) is 14.2 Å². The summed E-state index contributed by atoms with van der Waals surface area (Å²) in [5.74, 6) is 2.15. The molecule has 2 N–H and O–H groups in total. The maximum atomic E-state index is 11.2. The number of rotatable bonds is 9. The van der Waals surface area contributed by atoms with Gasteiger partial charge in [0.2, 0.25) is 0 Å². The maximum absolute atomic E-state index is 11.2. The van der Waals surface area contributed by atoms with E-state index in [4.69, 9.17) is 4.74 Å². The minimum atomic E-state index is -2.93. The van der Waals surface area contributed by atoms with Gasteiger partial charge in [-0.1, -0.05) is 19.1 Å². The molecule has 0 aliphatic rings. The Hall–Kier alpha value is -1.76. The first kappa shape index (κ1) is 21.3. The largest absolute Gasteiger partial charge is 0.497 e. The number of guanidine groups is 1. The summed E-state index contributed by atoms with van der Waals surface area (Å²) >= 11 is 0. The van der Waals surface area contributed by atoms with Gasteiger partial charge in [0.1, 0.15) is 15.6 Å². The van der Waals surface area contributed by atoms with Crippen molar-refractivity contribution in [1.29, 1.82) is 0 Å². The van der Waals surface area contributed by atoms with Gasteiger partial charge in [-0.25, -0.2) is 8.42 Å². The van der Waals surface area contributed by atoms with Gasteiger partial charge in [0.15, 0.2) is 5.96 Å². The Morgan fingerprint density at radius 2 is 1.84 bits per heavy atom. The van der Waals surface area contributed by atoms with Crippen LogP contribution in [0.3, 0.4) is 0 Å². The molecule has 0 aromatic heterocycles. The molecule has 0 bridgehead atoms. The Kier molecular flexibility index (Phi) is 8.75. The molecular weight excluding hydrogens is 338 g/mol. The van der Waals surface area contributed by atoms with Crippen molar-refractivity contribution in [3.05, 3.63) is 29.8 Å². The Labute approximate surface area is 152 Å². The van der Waals surface area contributed by atoms with Crippen LogP contribution in [-0.4, -0.2) is 53.1 Å². The van der Waals surface area contributed by atoms with Gasteiger partial charge in [-0.05, 0) is 43.4 Å². The van der Waals surface area contributed by atoms with Gasteiger partial charge >= 0.3 is 0 Å². The predicted octanol–water partition coefficient (Wildman–Crippen LogP) is 2.18. The highest BCUT2D eigenvalue weighted by Gasteiger charge is 2.10. The van der Waals surface area contributed by atoms with Gasteiger partial charge < -0.3 is 15.4 Å². The van der Waals surface area contributed by atoms with Gasteiger partial charge in [0.25, 0.3) is 0 Å². The summed E-state index contributed by atoms with van der Waals surface area (Å²) in [5, 5.41) is 6.51. The van der Waals surface area contributed by atoms with E-state index in [2.05, 4.69) is 34.7 Å². The van der Waals surface area contributed by atoms with Crippen LogP contribution in [-0.2, 0) is 9.84 Å². The third-order valence-electron chi connectivity index (χ3n) is 4.08. The van der Waals surface area contributed by atoms with Gasteiger partial charge in [0, 0.05) is 25.9 Å². The average molecular weight is 370 g/mol. The highest BCUT2D eigenvalue weighted by molar-refractivity contribution is 7.90. The number of methoxy groups -OCH3 is 1. The third kappa shape index (κ3) is 8.77. The molecule has 0 heterocycles. The number of aliphatic imine (C=N–C) groups is 1. The summed E-state index contributed by atoms with van der Waals surface area (Å²) in [4.78, 5) is 4.19. The first-order chi connectivity index (χ1) is 11.7. The predicted molar refractivity (Wildman–Crippen MR) is 104 cm³/mol. The van der Waals surface area contributed by atoms with E-state index in [1.807, 2.05) is 19.1 Å². The van der Waals surface area contributed by atoms with Crippen LogP contribution in [0.15, 0.2) is 29.3 Å². The van der Waals surface area contributed by atoms with Crippen molar-refractivity contribution in [2.24, 2.45) is 4.99 Å². The first-order valence-corrected chi connectivity index (χ1v) is 10.6. The fourth-order valence-electron chi connectivity index (χ4n) is 2.40. The molecule has 1 aromatic carbocycles. The lowest BCUT2D eigenvalue weighted by Gasteiger charge is -2.19. The molecule has 25 heavy (non-hydrogen) atoms. The van der Waals surface area contributed by atoms with E-state index in [9.17, 15) is 8.42 Å². The molecule has 1 rings (SSSR count). The van der Waals surface area contributed by atoms with Crippen LogP contribution in [0.25, 0.3) is 0 Å². The SMILES string of the molecule is CN=C(NCCC(C)c1ccc(OC)cc1)NC(C)CCS(C)(=O)=O. The molecule has 0 aliphatic heterocycles. The van der Waals surface area contributed by atoms with Crippen molar-refractivity contribution in [2.75, 3.05) is 32.7 Å². The maximum Gasteiger partial charge on any atom is 0.191 e. The minimum absolute atomic E-state index is 0.0416. The van der Waals surface area contributed by atoms with Gasteiger partial charge in [0.05, 0.1) is 12.9 Å².